The van der Waals surface area contributed by atoms with Gasteiger partial charge in [-0.15, -0.1) is 0 Å². The Balaban J connectivity index is 1.46. The van der Waals surface area contributed by atoms with Gasteiger partial charge in [-0.2, -0.15) is 0 Å². The lowest BCUT2D eigenvalue weighted by molar-refractivity contribution is -0.126. The lowest BCUT2D eigenvalue weighted by atomic mass is 9.95. The van der Waals surface area contributed by atoms with Crippen LogP contribution in [0.3, 0.4) is 0 Å². The van der Waals surface area contributed by atoms with E-state index in [4.69, 9.17) is 9.47 Å². The van der Waals surface area contributed by atoms with Crippen LogP contribution in [0, 0.1) is 5.92 Å². The second kappa shape index (κ2) is 8.40. The van der Waals surface area contributed by atoms with Crippen LogP contribution < -0.4 is 14.8 Å². The lowest BCUT2D eigenvalue weighted by Crippen LogP contribution is -2.43. The summed E-state index contributed by atoms with van der Waals surface area (Å²) in [7, 11) is 4.05. The van der Waals surface area contributed by atoms with Crippen LogP contribution >= 0.6 is 0 Å². The van der Waals surface area contributed by atoms with Gasteiger partial charge in [0.25, 0.3) is 5.91 Å². The van der Waals surface area contributed by atoms with Crippen molar-refractivity contribution in [2.45, 2.75) is 19.3 Å². The van der Waals surface area contributed by atoms with E-state index in [0.717, 1.165) is 13.0 Å². The molecule has 7 heteroatoms. The maximum absolute atomic E-state index is 12.7. The monoisotopic (exact) mass is 361 g/mol. The molecule has 2 aliphatic heterocycles. The number of nitrogens with one attached hydrogen (secondary N) is 1. The summed E-state index contributed by atoms with van der Waals surface area (Å²) in [6.45, 7) is 3.06. The smallest absolute Gasteiger partial charge is 0.253 e. The summed E-state index contributed by atoms with van der Waals surface area (Å²) >= 11 is 0. The molecule has 0 aliphatic carbocycles. The molecule has 0 radical (unpaired) electrons. The maximum atomic E-state index is 12.7. The Morgan fingerprint density at radius 1 is 1.19 bits per heavy atom. The number of piperidine rings is 1. The zero-order valence-electron chi connectivity index (χ0n) is 15.5. The van der Waals surface area contributed by atoms with Gasteiger partial charge in [0, 0.05) is 31.1 Å². The van der Waals surface area contributed by atoms with Crippen LogP contribution in [0.2, 0.25) is 0 Å². The van der Waals surface area contributed by atoms with Gasteiger partial charge in [0.15, 0.2) is 11.5 Å². The van der Waals surface area contributed by atoms with Crippen molar-refractivity contribution >= 4 is 11.8 Å². The zero-order valence-corrected chi connectivity index (χ0v) is 15.5. The van der Waals surface area contributed by atoms with Gasteiger partial charge in [0.1, 0.15) is 0 Å². The molecule has 0 spiro atoms. The lowest BCUT2D eigenvalue weighted by Gasteiger charge is -2.31. The first-order valence-corrected chi connectivity index (χ1v) is 9.16. The van der Waals surface area contributed by atoms with E-state index in [2.05, 4.69) is 10.2 Å². The van der Waals surface area contributed by atoms with Crippen molar-refractivity contribution < 1.29 is 19.1 Å². The third-order valence-electron chi connectivity index (χ3n) is 4.85. The molecule has 0 saturated carbocycles. The van der Waals surface area contributed by atoms with Crippen LogP contribution in [0.4, 0.5) is 0 Å². The molecule has 0 bridgehead atoms. The molecule has 2 heterocycles. The van der Waals surface area contributed by atoms with Crippen molar-refractivity contribution in [2.24, 2.45) is 5.92 Å². The fourth-order valence-corrected chi connectivity index (χ4v) is 3.31. The molecule has 7 nitrogen and oxygen atoms in total. The van der Waals surface area contributed by atoms with E-state index in [1.807, 2.05) is 19.0 Å². The van der Waals surface area contributed by atoms with Gasteiger partial charge in [0.05, 0.1) is 0 Å². The summed E-state index contributed by atoms with van der Waals surface area (Å²) in [5, 5.41) is 3.01. The quantitative estimate of drug-likeness (QED) is 0.774. The van der Waals surface area contributed by atoms with E-state index < -0.39 is 0 Å². The third kappa shape index (κ3) is 4.46. The molecule has 0 atom stereocenters. The number of benzene rings is 1. The summed E-state index contributed by atoms with van der Waals surface area (Å²) in [5.74, 6) is 1.37. The number of hydrogen-bond donors (Lipinski definition) is 1. The van der Waals surface area contributed by atoms with Gasteiger partial charge in [-0.25, -0.2) is 0 Å². The van der Waals surface area contributed by atoms with Gasteiger partial charge in [-0.3, -0.25) is 9.59 Å². The van der Waals surface area contributed by atoms with Crippen LogP contribution in [0.1, 0.15) is 29.6 Å². The van der Waals surface area contributed by atoms with Crippen LogP contribution in [-0.2, 0) is 4.79 Å². The Kier molecular flexibility index (Phi) is 5.98. The normalized spacial score (nSPS) is 16.8. The van der Waals surface area contributed by atoms with Crippen molar-refractivity contribution in [1.82, 2.24) is 15.1 Å². The zero-order chi connectivity index (χ0) is 18.5. The second-order valence-electron chi connectivity index (χ2n) is 7.08. The molecule has 142 valence electrons. The molecule has 3 rings (SSSR count). The van der Waals surface area contributed by atoms with Gasteiger partial charge in [0.2, 0.25) is 12.7 Å². The Morgan fingerprint density at radius 2 is 1.92 bits per heavy atom. The van der Waals surface area contributed by atoms with Crippen molar-refractivity contribution in [3.8, 4) is 11.5 Å². The van der Waals surface area contributed by atoms with E-state index in [1.165, 1.54) is 0 Å². The van der Waals surface area contributed by atoms with Gasteiger partial charge in [-0.1, -0.05) is 0 Å². The summed E-state index contributed by atoms with van der Waals surface area (Å²) in [6, 6.07) is 5.26. The fourth-order valence-electron chi connectivity index (χ4n) is 3.31. The molecule has 1 aromatic rings. The molecule has 2 amide bonds. The van der Waals surface area contributed by atoms with Crippen LogP contribution in [0.15, 0.2) is 18.2 Å². The van der Waals surface area contributed by atoms with Crippen molar-refractivity contribution in [3.63, 3.8) is 0 Å². The largest absolute Gasteiger partial charge is 0.454 e. The predicted octanol–water partition coefficient (Wildman–Crippen LogP) is 1.34. The van der Waals surface area contributed by atoms with E-state index >= 15 is 0 Å². The summed E-state index contributed by atoms with van der Waals surface area (Å²) in [6.07, 6.45) is 2.35. The number of ether oxygens (including phenoxy) is 2. The molecule has 1 N–H and O–H groups in total. The first-order valence-electron chi connectivity index (χ1n) is 9.16. The number of likely N-dealkylation sites (tertiary alicyclic amines) is 1. The number of nitrogens with zero attached hydrogens (tertiary/aromatic N) is 2. The topological polar surface area (TPSA) is 71.1 Å². The standard InChI is InChI=1S/C19H27N3O4/c1-21(2)9-3-8-20-18(23)14-6-10-22(11-7-14)19(24)15-4-5-16-17(12-15)26-13-25-16/h4-5,12,14H,3,6-11,13H2,1-2H3,(H,20,23). The molecule has 0 unspecified atom stereocenters. The molecular formula is C19H27N3O4. The first-order chi connectivity index (χ1) is 12.5. The summed E-state index contributed by atoms with van der Waals surface area (Å²) in [4.78, 5) is 28.9. The van der Waals surface area contributed by atoms with E-state index in [1.54, 1.807) is 18.2 Å². The highest BCUT2D eigenvalue weighted by Crippen LogP contribution is 2.33. The first kappa shape index (κ1) is 18.5. The molecule has 26 heavy (non-hydrogen) atoms. The second-order valence-corrected chi connectivity index (χ2v) is 7.08. The number of hydrogen-bond acceptors (Lipinski definition) is 5. The fraction of sp³-hybridized carbons (Fsp3) is 0.579. The highest BCUT2D eigenvalue weighted by atomic mass is 16.7. The van der Waals surface area contributed by atoms with Gasteiger partial charge < -0.3 is 24.6 Å². The molecule has 1 aromatic carbocycles. The highest BCUT2D eigenvalue weighted by molar-refractivity contribution is 5.95. The Bertz CT molecular complexity index is 654. The number of rotatable bonds is 6. The molecular weight excluding hydrogens is 334 g/mol. The molecule has 1 fully saturated rings. The number of carbonyl (C=O) groups excluding carboxylic acids is 2. The predicted molar refractivity (Wildman–Crippen MR) is 97.4 cm³/mol. The average Bonchev–Trinajstić information content (AvgIpc) is 3.12. The van der Waals surface area contributed by atoms with Crippen LogP contribution in [-0.4, -0.2) is 68.7 Å². The Hall–Kier alpha value is -2.28. The number of amides is 2. The minimum atomic E-state index is -0.0202. The Morgan fingerprint density at radius 3 is 2.65 bits per heavy atom. The van der Waals surface area contributed by atoms with E-state index in [-0.39, 0.29) is 24.5 Å². The van der Waals surface area contributed by atoms with Crippen molar-refractivity contribution in [3.05, 3.63) is 23.8 Å². The van der Waals surface area contributed by atoms with E-state index in [0.29, 0.717) is 49.5 Å². The highest BCUT2D eigenvalue weighted by Gasteiger charge is 2.28. The number of fused-ring (bicyclic) bond motifs is 1. The van der Waals surface area contributed by atoms with Gasteiger partial charge in [-0.05, 0) is 58.1 Å². The Labute approximate surface area is 154 Å². The summed E-state index contributed by atoms with van der Waals surface area (Å²) in [5.41, 5.74) is 0.598. The van der Waals surface area contributed by atoms with Crippen LogP contribution in [0.5, 0.6) is 11.5 Å². The van der Waals surface area contributed by atoms with Crippen molar-refractivity contribution in [2.75, 3.05) is 47.1 Å². The minimum absolute atomic E-state index is 0.00448. The molecule has 0 aromatic heterocycles. The summed E-state index contributed by atoms with van der Waals surface area (Å²) < 4.78 is 10.6. The SMILES string of the molecule is CN(C)CCCNC(=O)C1CCN(C(=O)c2ccc3c(c2)OCO3)CC1. The van der Waals surface area contributed by atoms with Crippen molar-refractivity contribution in [1.29, 1.82) is 0 Å². The van der Waals surface area contributed by atoms with Crippen LogP contribution in [0.25, 0.3) is 0 Å². The number of carbonyl (C=O) groups is 2. The third-order valence-corrected chi connectivity index (χ3v) is 4.85. The van der Waals surface area contributed by atoms with Gasteiger partial charge >= 0.3 is 0 Å². The molecule has 2 aliphatic rings. The molecule has 1 saturated heterocycles. The maximum Gasteiger partial charge on any atom is 0.253 e. The average molecular weight is 361 g/mol. The minimum Gasteiger partial charge on any atom is -0.454 e. The van der Waals surface area contributed by atoms with E-state index in [9.17, 15) is 9.59 Å².